The Morgan fingerprint density at radius 2 is 2.10 bits per heavy atom. The summed E-state index contributed by atoms with van der Waals surface area (Å²) in [7, 11) is 0. The maximum atomic E-state index is 12.1. The Labute approximate surface area is 123 Å². The molecule has 21 heavy (non-hydrogen) atoms. The third-order valence-corrected chi connectivity index (χ3v) is 2.92. The molecule has 0 saturated heterocycles. The van der Waals surface area contributed by atoms with Crippen LogP contribution in [-0.2, 0) is 0 Å². The minimum absolute atomic E-state index is 0.0420. The molecule has 4 nitrogen and oxygen atoms in total. The van der Waals surface area contributed by atoms with Gasteiger partial charge in [0.05, 0.1) is 6.61 Å². The maximum absolute atomic E-state index is 12.1. The number of benzene rings is 1. The molecule has 2 rings (SSSR count). The normalized spacial score (nSPS) is 9.86. The van der Waals surface area contributed by atoms with E-state index in [-0.39, 0.29) is 18.3 Å². The lowest BCUT2D eigenvalue weighted by atomic mass is 10.1. The van der Waals surface area contributed by atoms with E-state index in [1.165, 1.54) is 0 Å². The van der Waals surface area contributed by atoms with Crippen LogP contribution in [0.4, 0.5) is 5.69 Å². The van der Waals surface area contributed by atoms with E-state index in [4.69, 9.17) is 9.52 Å². The van der Waals surface area contributed by atoms with Crippen LogP contribution in [0.1, 0.15) is 33.9 Å². The standard InChI is InChI=1S/C17H17NO3/c1-12-6-8-14(5-3-4-10-19)11-15(12)18-17(20)16-9-7-13(2)21-16/h6-9,11,19H,4,10H2,1-2H3,(H,18,20). The Hall–Kier alpha value is -2.51. The summed E-state index contributed by atoms with van der Waals surface area (Å²) >= 11 is 0. The van der Waals surface area contributed by atoms with Crippen LogP contribution in [0.3, 0.4) is 0 Å². The minimum Gasteiger partial charge on any atom is -0.456 e. The first kappa shape index (κ1) is 14.9. The number of aryl methyl sites for hydroxylation is 2. The highest BCUT2D eigenvalue weighted by molar-refractivity contribution is 6.02. The number of hydrogen-bond donors (Lipinski definition) is 2. The largest absolute Gasteiger partial charge is 0.456 e. The van der Waals surface area contributed by atoms with Crippen molar-refractivity contribution in [2.75, 3.05) is 11.9 Å². The van der Waals surface area contributed by atoms with E-state index in [0.717, 1.165) is 11.1 Å². The van der Waals surface area contributed by atoms with Gasteiger partial charge in [-0.3, -0.25) is 4.79 Å². The van der Waals surface area contributed by atoms with Gasteiger partial charge in [-0.1, -0.05) is 17.9 Å². The van der Waals surface area contributed by atoms with Crippen molar-refractivity contribution in [2.24, 2.45) is 0 Å². The molecular formula is C17H17NO3. The third-order valence-electron chi connectivity index (χ3n) is 2.92. The van der Waals surface area contributed by atoms with Crippen molar-refractivity contribution in [3.05, 3.63) is 53.0 Å². The summed E-state index contributed by atoms with van der Waals surface area (Å²) < 4.78 is 5.30. The highest BCUT2D eigenvalue weighted by Gasteiger charge is 2.11. The van der Waals surface area contributed by atoms with Gasteiger partial charge in [-0.25, -0.2) is 0 Å². The maximum Gasteiger partial charge on any atom is 0.291 e. The molecule has 1 heterocycles. The highest BCUT2D eigenvalue weighted by Crippen LogP contribution is 2.18. The first-order chi connectivity index (χ1) is 10.1. The molecule has 4 heteroatoms. The highest BCUT2D eigenvalue weighted by atomic mass is 16.3. The fraction of sp³-hybridized carbons (Fsp3) is 0.235. The molecular weight excluding hydrogens is 266 g/mol. The summed E-state index contributed by atoms with van der Waals surface area (Å²) in [5.41, 5.74) is 2.43. The van der Waals surface area contributed by atoms with Gasteiger partial charge in [0.1, 0.15) is 5.76 Å². The Balaban J connectivity index is 2.17. The molecule has 0 unspecified atom stereocenters. The van der Waals surface area contributed by atoms with Gasteiger partial charge in [0.15, 0.2) is 5.76 Å². The lowest BCUT2D eigenvalue weighted by molar-refractivity contribution is 0.0995. The van der Waals surface area contributed by atoms with Gasteiger partial charge in [-0.05, 0) is 43.7 Å². The topological polar surface area (TPSA) is 62.5 Å². The quantitative estimate of drug-likeness (QED) is 0.851. The molecule has 0 radical (unpaired) electrons. The van der Waals surface area contributed by atoms with Crippen molar-refractivity contribution in [3.8, 4) is 11.8 Å². The molecule has 0 aliphatic heterocycles. The number of amides is 1. The van der Waals surface area contributed by atoms with E-state index in [9.17, 15) is 4.79 Å². The van der Waals surface area contributed by atoms with E-state index in [1.807, 2.05) is 25.1 Å². The molecule has 2 aromatic rings. The molecule has 0 atom stereocenters. The summed E-state index contributed by atoms with van der Waals surface area (Å²) in [6.07, 6.45) is 0.432. The van der Waals surface area contributed by atoms with Crippen LogP contribution in [0, 0.1) is 25.7 Å². The molecule has 2 N–H and O–H groups in total. The first-order valence-corrected chi connectivity index (χ1v) is 6.68. The minimum atomic E-state index is -0.285. The Bertz CT molecular complexity index is 704. The van der Waals surface area contributed by atoms with Crippen LogP contribution in [0.2, 0.25) is 0 Å². The van der Waals surface area contributed by atoms with Crippen molar-refractivity contribution in [1.29, 1.82) is 0 Å². The van der Waals surface area contributed by atoms with Crippen molar-refractivity contribution in [3.63, 3.8) is 0 Å². The second-order valence-electron chi connectivity index (χ2n) is 4.67. The van der Waals surface area contributed by atoms with Crippen molar-refractivity contribution >= 4 is 11.6 Å². The summed E-state index contributed by atoms with van der Waals surface area (Å²) in [5, 5.41) is 11.5. The molecule has 0 aliphatic rings. The lowest BCUT2D eigenvalue weighted by Crippen LogP contribution is -2.12. The number of aliphatic hydroxyl groups excluding tert-OH is 1. The predicted molar refractivity (Wildman–Crippen MR) is 81.2 cm³/mol. The molecule has 108 valence electrons. The molecule has 1 aromatic carbocycles. The van der Waals surface area contributed by atoms with Crippen LogP contribution >= 0.6 is 0 Å². The summed E-state index contributed by atoms with van der Waals surface area (Å²) in [6.45, 7) is 3.74. The number of carbonyl (C=O) groups is 1. The number of anilines is 1. The molecule has 0 fully saturated rings. The monoisotopic (exact) mass is 283 g/mol. The van der Waals surface area contributed by atoms with Gasteiger partial charge in [0, 0.05) is 17.7 Å². The van der Waals surface area contributed by atoms with Crippen LogP contribution in [0.25, 0.3) is 0 Å². The van der Waals surface area contributed by atoms with Gasteiger partial charge in [0.2, 0.25) is 0 Å². The van der Waals surface area contributed by atoms with E-state index in [0.29, 0.717) is 17.9 Å². The van der Waals surface area contributed by atoms with Gasteiger partial charge in [-0.15, -0.1) is 0 Å². The van der Waals surface area contributed by atoms with Crippen molar-refractivity contribution in [1.82, 2.24) is 0 Å². The van der Waals surface area contributed by atoms with E-state index in [2.05, 4.69) is 17.2 Å². The first-order valence-electron chi connectivity index (χ1n) is 6.68. The number of nitrogens with one attached hydrogen (secondary N) is 1. The van der Waals surface area contributed by atoms with Gasteiger partial charge < -0.3 is 14.8 Å². The zero-order valence-electron chi connectivity index (χ0n) is 12.1. The fourth-order valence-electron chi connectivity index (χ4n) is 1.80. The van der Waals surface area contributed by atoms with Crippen LogP contribution in [0.15, 0.2) is 34.7 Å². The molecule has 1 aromatic heterocycles. The Kier molecular flexibility index (Phi) is 4.81. The zero-order valence-corrected chi connectivity index (χ0v) is 12.1. The number of hydrogen-bond acceptors (Lipinski definition) is 3. The summed E-state index contributed by atoms with van der Waals surface area (Å²) in [4.78, 5) is 12.1. The average Bonchev–Trinajstić information content (AvgIpc) is 2.89. The van der Waals surface area contributed by atoms with Gasteiger partial charge >= 0.3 is 0 Å². The molecule has 0 aliphatic carbocycles. The summed E-state index contributed by atoms with van der Waals surface area (Å²) in [6, 6.07) is 8.98. The smallest absolute Gasteiger partial charge is 0.291 e. The second-order valence-corrected chi connectivity index (χ2v) is 4.67. The van der Waals surface area contributed by atoms with Crippen LogP contribution < -0.4 is 5.32 Å². The lowest BCUT2D eigenvalue weighted by Gasteiger charge is -2.07. The second kappa shape index (κ2) is 6.78. The van der Waals surface area contributed by atoms with E-state index in [1.54, 1.807) is 19.1 Å². The Morgan fingerprint density at radius 1 is 1.29 bits per heavy atom. The fourth-order valence-corrected chi connectivity index (χ4v) is 1.80. The zero-order chi connectivity index (χ0) is 15.2. The molecule has 0 saturated carbocycles. The number of carbonyl (C=O) groups excluding carboxylic acids is 1. The number of aliphatic hydroxyl groups is 1. The Morgan fingerprint density at radius 3 is 2.76 bits per heavy atom. The predicted octanol–water partition coefficient (Wildman–Crippen LogP) is 2.88. The SMILES string of the molecule is Cc1ccc(C(=O)Nc2cc(C#CCCO)ccc2C)o1. The van der Waals surface area contributed by atoms with E-state index >= 15 is 0 Å². The van der Waals surface area contributed by atoms with Crippen molar-refractivity contribution < 1.29 is 14.3 Å². The van der Waals surface area contributed by atoms with E-state index < -0.39 is 0 Å². The number of furan rings is 1. The summed E-state index contributed by atoms with van der Waals surface area (Å²) in [5.74, 6) is 6.49. The average molecular weight is 283 g/mol. The number of rotatable bonds is 3. The van der Waals surface area contributed by atoms with Crippen LogP contribution in [0.5, 0.6) is 0 Å². The third kappa shape index (κ3) is 3.98. The molecule has 1 amide bonds. The van der Waals surface area contributed by atoms with Gasteiger partial charge in [0.25, 0.3) is 5.91 Å². The van der Waals surface area contributed by atoms with Gasteiger partial charge in [-0.2, -0.15) is 0 Å². The van der Waals surface area contributed by atoms with Crippen LogP contribution in [-0.4, -0.2) is 17.6 Å². The molecule has 0 spiro atoms. The van der Waals surface area contributed by atoms with Crippen molar-refractivity contribution in [2.45, 2.75) is 20.3 Å². The molecule has 0 bridgehead atoms.